The molecule has 116 valence electrons. The number of hydrogen-bond donors (Lipinski definition) is 1. The van der Waals surface area contributed by atoms with Gasteiger partial charge in [0.1, 0.15) is 5.69 Å². The number of aromatic nitrogens is 1. The number of anilines is 1. The number of rotatable bonds is 2. The van der Waals surface area contributed by atoms with E-state index in [0.717, 1.165) is 41.7 Å². The zero-order valence-electron chi connectivity index (χ0n) is 12.7. The summed E-state index contributed by atoms with van der Waals surface area (Å²) in [6.07, 6.45) is 2.01. The maximum atomic E-state index is 12.5. The number of carbonyl (C=O) groups excluding carboxylic acids is 1. The van der Waals surface area contributed by atoms with E-state index in [1.807, 2.05) is 42.5 Å². The normalized spacial score (nSPS) is 13.8. The molecule has 0 saturated heterocycles. The largest absolute Gasteiger partial charge is 0.356 e. The fourth-order valence-corrected chi connectivity index (χ4v) is 3.06. The molecule has 0 unspecified atom stereocenters. The van der Waals surface area contributed by atoms with Crippen LogP contribution in [0.5, 0.6) is 0 Å². The number of amides is 2. The lowest BCUT2D eigenvalue weighted by Gasteiger charge is -2.29. The van der Waals surface area contributed by atoms with Gasteiger partial charge in [-0.1, -0.05) is 35.5 Å². The van der Waals surface area contributed by atoms with Crippen molar-refractivity contribution < 1.29 is 9.32 Å². The summed E-state index contributed by atoms with van der Waals surface area (Å²) < 4.78 is 5.27. The SMILES string of the molecule is O=C(NCc1noc2ccccc12)N1CCCc2ccccc21. The Balaban J connectivity index is 1.51. The van der Waals surface area contributed by atoms with E-state index in [4.69, 9.17) is 4.52 Å². The van der Waals surface area contributed by atoms with Crippen LogP contribution in [0.3, 0.4) is 0 Å². The number of urea groups is 1. The molecule has 2 heterocycles. The molecule has 0 bridgehead atoms. The molecule has 1 aliphatic rings. The van der Waals surface area contributed by atoms with Gasteiger partial charge in [0, 0.05) is 17.6 Å². The average Bonchev–Trinajstić information content (AvgIpc) is 3.02. The molecule has 2 amide bonds. The van der Waals surface area contributed by atoms with Crippen LogP contribution >= 0.6 is 0 Å². The van der Waals surface area contributed by atoms with Crippen LogP contribution in [-0.4, -0.2) is 17.7 Å². The fourth-order valence-electron chi connectivity index (χ4n) is 3.06. The zero-order valence-corrected chi connectivity index (χ0v) is 12.7. The first-order valence-corrected chi connectivity index (χ1v) is 7.79. The topological polar surface area (TPSA) is 58.4 Å². The molecule has 0 aliphatic carbocycles. The molecule has 5 nitrogen and oxygen atoms in total. The second-order valence-electron chi connectivity index (χ2n) is 5.67. The van der Waals surface area contributed by atoms with Crippen molar-refractivity contribution in [1.82, 2.24) is 10.5 Å². The Morgan fingerprint density at radius 3 is 2.96 bits per heavy atom. The second-order valence-corrected chi connectivity index (χ2v) is 5.67. The molecule has 4 rings (SSSR count). The maximum absolute atomic E-state index is 12.5. The van der Waals surface area contributed by atoms with Gasteiger partial charge in [0.2, 0.25) is 0 Å². The van der Waals surface area contributed by atoms with E-state index in [2.05, 4.69) is 16.5 Å². The summed E-state index contributed by atoms with van der Waals surface area (Å²) in [5, 5.41) is 7.94. The Morgan fingerprint density at radius 2 is 2.00 bits per heavy atom. The predicted molar refractivity (Wildman–Crippen MR) is 88.4 cm³/mol. The van der Waals surface area contributed by atoms with E-state index in [0.29, 0.717) is 6.54 Å². The van der Waals surface area contributed by atoms with Crippen molar-refractivity contribution in [3.8, 4) is 0 Å². The van der Waals surface area contributed by atoms with Gasteiger partial charge in [-0.15, -0.1) is 0 Å². The standard InChI is InChI=1S/C18H17N3O2/c22-18(21-11-5-7-13-6-1-3-9-16(13)21)19-12-15-14-8-2-4-10-17(14)23-20-15/h1-4,6,8-10H,5,7,11-12H2,(H,19,22). The molecule has 3 aromatic rings. The van der Waals surface area contributed by atoms with Crippen LogP contribution in [0.25, 0.3) is 11.0 Å². The van der Waals surface area contributed by atoms with Crippen LogP contribution in [0.15, 0.2) is 53.1 Å². The third-order valence-electron chi connectivity index (χ3n) is 4.21. The van der Waals surface area contributed by atoms with Crippen molar-refractivity contribution >= 4 is 22.7 Å². The number of aryl methyl sites for hydroxylation is 1. The molecule has 1 aliphatic heterocycles. The predicted octanol–water partition coefficient (Wildman–Crippen LogP) is 3.49. The lowest BCUT2D eigenvalue weighted by molar-refractivity contribution is 0.245. The average molecular weight is 307 g/mol. The van der Waals surface area contributed by atoms with Crippen LogP contribution in [0.4, 0.5) is 10.5 Å². The van der Waals surface area contributed by atoms with Crippen molar-refractivity contribution in [2.24, 2.45) is 0 Å². The van der Waals surface area contributed by atoms with Crippen LogP contribution in [0, 0.1) is 0 Å². The van der Waals surface area contributed by atoms with Crippen molar-refractivity contribution in [1.29, 1.82) is 0 Å². The van der Waals surface area contributed by atoms with Gasteiger partial charge in [-0.25, -0.2) is 4.79 Å². The van der Waals surface area contributed by atoms with E-state index < -0.39 is 0 Å². The van der Waals surface area contributed by atoms with Crippen molar-refractivity contribution in [3.05, 3.63) is 59.8 Å². The van der Waals surface area contributed by atoms with Crippen molar-refractivity contribution in [2.75, 3.05) is 11.4 Å². The van der Waals surface area contributed by atoms with Gasteiger partial charge >= 0.3 is 6.03 Å². The number of nitrogens with zero attached hydrogens (tertiary/aromatic N) is 2. The van der Waals surface area contributed by atoms with E-state index in [1.54, 1.807) is 4.90 Å². The summed E-state index contributed by atoms with van der Waals surface area (Å²) in [5.74, 6) is 0. The van der Waals surface area contributed by atoms with Gasteiger partial charge in [0.15, 0.2) is 5.58 Å². The highest BCUT2D eigenvalue weighted by atomic mass is 16.5. The Hall–Kier alpha value is -2.82. The van der Waals surface area contributed by atoms with Gasteiger partial charge in [-0.3, -0.25) is 4.90 Å². The minimum atomic E-state index is -0.0933. The number of para-hydroxylation sites is 2. The first-order valence-electron chi connectivity index (χ1n) is 7.79. The first-order chi connectivity index (χ1) is 11.3. The zero-order chi connectivity index (χ0) is 15.6. The smallest absolute Gasteiger partial charge is 0.322 e. The molecule has 2 aromatic carbocycles. The van der Waals surface area contributed by atoms with Gasteiger partial charge < -0.3 is 9.84 Å². The summed E-state index contributed by atoms with van der Waals surface area (Å²) in [4.78, 5) is 14.4. The number of fused-ring (bicyclic) bond motifs is 2. The van der Waals surface area contributed by atoms with E-state index in [9.17, 15) is 4.79 Å². The van der Waals surface area contributed by atoms with E-state index >= 15 is 0 Å². The molecular weight excluding hydrogens is 290 g/mol. The molecule has 0 atom stereocenters. The summed E-state index contributed by atoms with van der Waals surface area (Å²) >= 11 is 0. The molecule has 1 aromatic heterocycles. The Bertz CT molecular complexity index is 856. The first kappa shape index (κ1) is 13.8. The number of benzene rings is 2. The third-order valence-corrected chi connectivity index (χ3v) is 4.21. The van der Waals surface area contributed by atoms with E-state index in [1.165, 1.54) is 5.56 Å². The van der Waals surface area contributed by atoms with Crippen molar-refractivity contribution in [2.45, 2.75) is 19.4 Å². The molecule has 1 N–H and O–H groups in total. The monoisotopic (exact) mass is 307 g/mol. The summed E-state index contributed by atoms with van der Waals surface area (Å²) in [6.45, 7) is 1.09. The highest BCUT2D eigenvalue weighted by molar-refractivity contribution is 5.93. The highest BCUT2D eigenvalue weighted by Gasteiger charge is 2.22. The Labute approximate surface area is 133 Å². The van der Waals surface area contributed by atoms with Crippen LogP contribution < -0.4 is 10.2 Å². The number of carbonyl (C=O) groups is 1. The van der Waals surface area contributed by atoms with Crippen LogP contribution in [0.2, 0.25) is 0 Å². The molecule has 0 radical (unpaired) electrons. The molecule has 0 saturated carbocycles. The number of hydrogen-bond acceptors (Lipinski definition) is 3. The van der Waals surface area contributed by atoms with Crippen LogP contribution in [-0.2, 0) is 13.0 Å². The van der Waals surface area contributed by atoms with E-state index in [-0.39, 0.29) is 6.03 Å². The minimum absolute atomic E-state index is 0.0933. The summed E-state index contributed by atoms with van der Waals surface area (Å²) in [6, 6.07) is 15.6. The van der Waals surface area contributed by atoms with Gasteiger partial charge in [0.05, 0.1) is 6.54 Å². The van der Waals surface area contributed by atoms with Gasteiger partial charge in [-0.2, -0.15) is 0 Å². The Kier molecular flexibility index (Phi) is 3.46. The lowest BCUT2D eigenvalue weighted by atomic mass is 10.0. The summed E-state index contributed by atoms with van der Waals surface area (Å²) in [5.41, 5.74) is 3.71. The lowest BCUT2D eigenvalue weighted by Crippen LogP contribution is -2.42. The number of nitrogens with one attached hydrogen (secondary N) is 1. The maximum Gasteiger partial charge on any atom is 0.322 e. The van der Waals surface area contributed by atoms with Gasteiger partial charge in [-0.05, 0) is 36.6 Å². The Morgan fingerprint density at radius 1 is 1.17 bits per heavy atom. The quantitative estimate of drug-likeness (QED) is 0.788. The molecule has 0 fully saturated rings. The summed E-state index contributed by atoms with van der Waals surface area (Å²) in [7, 11) is 0. The molecule has 0 spiro atoms. The van der Waals surface area contributed by atoms with Gasteiger partial charge in [0.25, 0.3) is 0 Å². The molecular formula is C18H17N3O2. The fraction of sp³-hybridized carbons (Fsp3) is 0.222. The van der Waals surface area contributed by atoms with Crippen LogP contribution in [0.1, 0.15) is 17.7 Å². The molecule has 23 heavy (non-hydrogen) atoms. The molecule has 5 heteroatoms. The highest BCUT2D eigenvalue weighted by Crippen LogP contribution is 2.26. The third kappa shape index (κ3) is 2.54. The minimum Gasteiger partial charge on any atom is -0.356 e. The second kappa shape index (κ2) is 5.76. The van der Waals surface area contributed by atoms with Crippen molar-refractivity contribution in [3.63, 3.8) is 0 Å².